The van der Waals surface area contributed by atoms with Gasteiger partial charge in [0.2, 0.25) is 0 Å². The molecule has 1 N–H and O–H groups in total. The second-order valence-electron chi connectivity index (χ2n) is 4.08. The molecule has 0 aliphatic carbocycles. The molecule has 20 heavy (non-hydrogen) atoms. The molecule has 1 heterocycles. The van der Waals surface area contributed by atoms with E-state index in [0.29, 0.717) is 28.5 Å². The highest BCUT2D eigenvalue weighted by Gasteiger charge is 2.22. The van der Waals surface area contributed by atoms with Crippen molar-refractivity contribution in [3.63, 3.8) is 0 Å². The Kier molecular flexibility index (Phi) is 4.42. The largest absolute Gasteiger partial charge is 0.495 e. The Hall–Kier alpha value is -2.27. The van der Waals surface area contributed by atoms with Crippen LogP contribution in [-0.2, 0) is 0 Å². The Morgan fingerprint density at radius 2 is 1.65 bits per heavy atom. The fraction of sp³-hybridized carbons (Fsp3) is 0.267. The fourth-order valence-corrected chi connectivity index (χ4v) is 2.06. The van der Waals surface area contributed by atoms with E-state index < -0.39 is 6.10 Å². The maximum absolute atomic E-state index is 10.6. The van der Waals surface area contributed by atoms with Crippen LogP contribution in [0, 0.1) is 0 Å². The van der Waals surface area contributed by atoms with Crippen molar-refractivity contribution in [2.75, 3.05) is 21.3 Å². The molecule has 0 spiro atoms. The molecule has 2 aromatic rings. The first kappa shape index (κ1) is 14.1. The molecule has 0 radical (unpaired) electrons. The third-order valence-electron chi connectivity index (χ3n) is 3.01. The molecule has 0 bridgehead atoms. The minimum atomic E-state index is -0.962. The zero-order valence-corrected chi connectivity index (χ0v) is 11.7. The monoisotopic (exact) mass is 275 g/mol. The number of ether oxygens (including phenoxy) is 3. The van der Waals surface area contributed by atoms with E-state index in [1.807, 2.05) is 0 Å². The van der Waals surface area contributed by atoms with Gasteiger partial charge < -0.3 is 19.3 Å². The molecule has 1 atom stereocenters. The summed E-state index contributed by atoms with van der Waals surface area (Å²) in [5.41, 5.74) is 1.01. The lowest BCUT2D eigenvalue weighted by molar-refractivity contribution is 0.203. The number of hydrogen-bond acceptors (Lipinski definition) is 5. The molecule has 1 aromatic carbocycles. The number of aliphatic hydroxyl groups is 1. The molecule has 1 unspecified atom stereocenters. The van der Waals surface area contributed by atoms with Gasteiger partial charge in [-0.1, -0.05) is 12.1 Å². The van der Waals surface area contributed by atoms with Crippen LogP contribution in [0.1, 0.15) is 17.4 Å². The molecule has 0 aliphatic rings. The first-order valence-corrected chi connectivity index (χ1v) is 6.10. The van der Waals surface area contributed by atoms with Crippen molar-refractivity contribution in [2.24, 2.45) is 0 Å². The third-order valence-corrected chi connectivity index (χ3v) is 3.01. The Morgan fingerprint density at radius 1 is 0.950 bits per heavy atom. The molecule has 0 saturated carbocycles. The first-order valence-electron chi connectivity index (χ1n) is 6.10. The van der Waals surface area contributed by atoms with E-state index in [-0.39, 0.29) is 0 Å². The van der Waals surface area contributed by atoms with Crippen LogP contribution in [0.3, 0.4) is 0 Å². The van der Waals surface area contributed by atoms with Gasteiger partial charge in [-0.05, 0) is 18.2 Å². The zero-order valence-electron chi connectivity index (χ0n) is 11.7. The summed E-state index contributed by atoms with van der Waals surface area (Å²) in [5.74, 6) is 1.55. The number of para-hydroxylation sites is 1. The molecule has 0 fully saturated rings. The second kappa shape index (κ2) is 6.25. The van der Waals surface area contributed by atoms with Gasteiger partial charge in [0.25, 0.3) is 0 Å². The summed E-state index contributed by atoms with van der Waals surface area (Å²) in [4.78, 5) is 4.19. The summed E-state index contributed by atoms with van der Waals surface area (Å²) in [7, 11) is 4.62. The molecule has 5 heteroatoms. The van der Waals surface area contributed by atoms with Gasteiger partial charge in [0, 0.05) is 11.8 Å². The van der Waals surface area contributed by atoms with Crippen LogP contribution in [0.5, 0.6) is 17.2 Å². The quantitative estimate of drug-likeness (QED) is 0.906. The van der Waals surface area contributed by atoms with Crippen molar-refractivity contribution in [1.82, 2.24) is 4.98 Å². The van der Waals surface area contributed by atoms with Gasteiger partial charge in [-0.3, -0.25) is 4.98 Å². The van der Waals surface area contributed by atoms with Gasteiger partial charge in [0.15, 0.2) is 11.5 Å². The normalized spacial score (nSPS) is 11.8. The lowest BCUT2D eigenvalue weighted by atomic mass is 10.0. The van der Waals surface area contributed by atoms with Crippen LogP contribution in [-0.4, -0.2) is 31.4 Å². The lowest BCUT2D eigenvalue weighted by Crippen LogP contribution is -2.07. The average Bonchev–Trinajstić information content (AvgIpc) is 2.53. The summed E-state index contributed by atoms with van der Waals surface area (Å²) >= 11 is 0. The maximum atomic E-state index is 10.6. The predicted molar refractivity (Wildman–Crippen MR) is 74.4 cm³/mol. The number of nitrogens with zero attached hydrogens (tertiary/aromatic N) is 1. The predicted octanol–water partition coefficient (Wildman–Crippen LogP) is 2.19. The molecular weight excluding hydrogens is 258 g/mol. The number of aliphatic hydroxyl groups excluding tert-OH is 1. The Balaban J connectivity index is 2.50. The average molecular weight is 275 g/mol. The van der Waals surface area contributed by atoms with E-state index in [9.17, 15) is 5.11 Å². The molecule has 106 valence electrons. The van der Waals surface area contributed by atoms with E-state index in [1.54, 1.807) is 43.6 Å². The zero-order chi connectivity index (χ0) is 14.5. The highest BCUT2D eigenvalue weighted by molar-refractivity contribution is 5.50. The van der Waals surface area contributed by atoms with Gasteiger partial charge in [0.1, 0.15) is 17.5 Å². The van der Waals surface area contributed by atoms with Crippen LogP contribution in [0.4, 0.5) is 0 Å². The van der Waals surface area contributed by atoms with Crippen LogP contribution in [0.25, 0.3) is 0 Å². The van der Waals surface area contributed by atoms with Crippen molar-refractivity contribution in [3.05, 3.63) is 47.8 Å². The summed E-state index contributed by atoms with van der Waals surface area (Å²) in [5, 5.41) is 10.6. The smallest absolute Gasteiger partial charge is 0.166 e. The molecule has 0 saturated heterocycles. The van der Waals surface area contributed by atoms with Crippen LogP contribution in [0.15, 0.2) is 36.5 Å². The molecular formula is C15H17NO4. The van der Waals surface area contributed by atoms with Crippen LogP contribution >= 0.6 is 0 Å². The minimum Gasteiger partial charge on any atom is -0.495 e. The van der Waals surface area contributed by atoms with Gasteiger partial charge in [-0.2, -0.15) is 0 Å². The van der Waals surface area contributed by atoms with E-state index in [2.05, 4.69) is 4.98 Å². The van der Waals surface area contributed by atoms with E-state index in [0.717, 1.165) is 0 Å². The van der Waals surface area contributed by atoms with Crippen molar-refractivity contribution in [2.45, 2.75) is 6.10 Å². The van der Waals surface area contributed by atoms with Gasteiger partial charge >= 0.3 is 0 Å². The van der Waals surface area contributed by atoms with Crippen molar-refractivity contribution in [3.8, 4) is 17.2 Å². The summed E-state index contributed by atoms with van der Waals surface area (Å²) in [6.07, 6.45) is 0.643. The molecule has 0 aliphatic heterocycles. The van der Waals surface area contributed by atoms with Gasteiger partial charge in [0.05, 0.1) is 21.3 Å². The summed E-state index contributed by atoms with van der Waals surface area (Å²) in [6.45, 7) is 0. The topological polar surface area (TPSA) is 60.8 Å². The lowest BCUT2D eigenvalue weighted by Gasteiger charge is -2.18. The number of hydrogen-bond donors (Lipinski definition) is 1. The SMILES string of the molecule is COc1cccnc1C(O)c1cccc(OC)c1OC. The number of rotatable bonds is 5. The van der Waals surface area contributed by atoms with Crippen molar-refractivity contribution < 1.29 is 19.3 Å². The number of pyridine rings is 1. The molecule has 0 amide bonds. The van der Waals surface area contributed by atoms with E-state index in [1.165, 1.54) is 14.2 Å². The van der Waals surface area contributed by atoms with E-state index >= 15 is 0 Å². The maximum Gasteiger partial charge on any atom is 0.166 e. The summed E-state index contributed by atoms with van der Waals surface area (Å²) in [6, 6.07) is 8.82. The number of benzene rings is 1. The molecule has 1 aromatic heterocycles. The van der Waals surface area contributed by atoms with Crippen molar-refractivity contribution >= 4 is 0 Å². The highest BCUT2D eigenvalue weighted by Crippen LogP contribution is 2.38. The second-order valence-corrected chi connectivity index (χ2v) is 4.08. The standard InChI is InChI=1S/C15H17NO4/c1-18-11-8-5-9-16-13(11)14(17)10-6-4-7-12(19-2)15(10)20-3/h4-9,14,17H,1-3H3. The Morgan fingerprint density at radius 3 is 2.30 bits per heavy atom. The fourth-order valence-electron chi connectivity index (χ4n) is 2.06. The minimum absolute atomic E-state index is 0.432. The first-order chi connectivity index (χ1) is 9.72. The number of methoxy groups -OCH3 is 3. The van der Waals surface area contributed by atoms with Crippen LogP contribution in [0.2, 0.25) is 0 Å². The Bertz CT molecular complexity index is 586. The van der Waals surface area contributed by atoms with E-state index in [4.69, 9.17) is 14.2 Å². The summed E-state index contributed by atoms with van der Waals surface area (Å²) < 4.78 is 15.8. The highest BCUT2D eigenvalue weighted by atomic mass is 16.5. The molecule has 2 rings (SSSR count). The third kappa shape index (κ3) is 2.53. The Labute approximate surface area is 117 Å². The van der Waals surface area contributed by atoms with Gasteiger partial charge in [-0.25, -0.2) is 0 Å². The molecule has 5 nitrogen and oxygen atoms in total. The van der Waals surface area contributed by atoms with Crippen molar-refractivity contribution in [1.29, 1.82) is 0 Å². The number of aromatic nitrogens is 1. The van der Waals surface area contributed by atoms with Crippen LogP contribution < -0.4 is 14.2 Å². The van der Waals surface area contributed by atoms with Gasteiger partial charge in [-0.15, -0.1) is 0 Å².